The first kappa shape index (κ1) is 16.9. The molecule has 1 saturated heterocycles. The standard InChI is InChI=1S/C19H20N6/c1-24-6-8-25(9-7-24)14-18-3-2-16-10-17(4-5-19(16)23-18)22-13-15(11-20)12-21/h2-5,10,13,22H,6-9,14H2,1H3. The molecule has 25 heavy (non-hydrogen) atoms. The number of rotatable bonds is 4. The second-order valence-corrected chi connectivity index (χ2v) is 6.22. The normalized spacial score (nSPS) is 15.3. The van der Waals surface area contributed by atoms with Crippen molar-refractivity contribution in [2.75, 3.05) is 38.5 Å². The van der Waals surface area contributed by atoms with Crippen LogP contribution in [-0.2, 0) is 6.54 Å². The van der Waals surface area contributed by atoms with Crippen molar-refractivity contribution in [3.63, 3.8) is 0 Å². The highest BCUT2D eigenvalue weighted by atomic mass is 15.2. The van der Waals surface area contributed by atoms with Crippen molar-refractivity contribution in [1.29, 1.82) is 10.5 Å². The van der Waals surface area contributed by atoms with Gasteiger partial charge in [-0.25, -0.2) is 0 Å². The lowest BCUT2D eigenvalue weighted by Crippen LogP contribution is -2.43. The van der Waals surface area contributed by atoms with Gasteiger partial charge in [-0.15, -0.1) is 0 Å². The van der Waals surface area contributed by atoms with Crippen molar-refractivity contribution in [3.8, 4) is 12.1 Å². The minimum atomic E-state index is 0.0424. The molecule has 1 aliphatic heterocycles. The van der Waals surface area contributed by atoms with E-state index in [0.29, 0.717) is 0 Å². The maximum atomic E-state index is 8.76. The lowest BCUT2D eigenvalue weighted by Gasteiger charge is -2.32. The predicted molar refractivity (Wildman–Crippen MR) is 97.4 cm³/mol. The first-order chi connectivity index (χ1) is 12.2. The fraction of sp³-hybridized carbons (Fsp3) is 0.316. The molecule has 0 radical (unpaired) electrons. The van der Waals surface area contributed by atoms with Crippen molar-refractivity contribution in [1.82, 2.24) is 14.8 Å². The molecule has 2 aromatic rings. The summed E-state index contributed by atoms with van der Waals surface area (Å²) in [6.45, 7) is 5.23. The van der Waals surface area contributed by atoms with E-state index in [9.17, 15) is 0 Å². The van der Waals surface area contributed by atoms with Crippen LogP contribution in [0.1, 0.15) is 5.69 Å². The Morgan fingerprint density at radius 2 is 1.92 bits per heavy atom. The molecule has 1 N–H and O–H groups in total. The van der Waals surface area contributed by atoms with E-state index in [0.717, 1.165) is 55.0 Å². The topological polar surface area (TPSA) is 79.0 Å². The minimum Gasteiger partial charge on any atom is -0.360 e. The summed E-state index contributed by atoms with van der Waals surface area (Å²) in [6.07, 6.45) is 1.41. The molecule has 0 saturated carbocycles. The molecule has 2 heterocycles. The largest absolute Gasteiger partial charge is 0.360 e. The maximum absolute atomic E-state index is 8.76. The van der Waals surface area contributed by atoms with Gasteiger partial charge in [0.15, 0.2) is 0 Å². The summed E-state index contributed by atoms with van der Waals surface area (Å²) in [5.41, 5.74) is 2.89. The molecule has 6 heteroatoms. The van der Waals surface area contributed by atoms with Crippen LogP contribution in [0.5, 0.6) is 0 Å². The molecular formula is C19H20N6. The Labute approximate surface area is 147 Å². The van der Waals surface area contributed by atoms with Crippen LogP contribution in [0.3, 0.4) is 0 Å². The number of nitriles is 2. The Balaban J connectivity index is 1.72. The molecule has 1 aromatic carbocycles. The molecule has 0 amide bonds. The summed E-state index contributed by atoms with van der Waals surface area (Å²) in [4.78, 5) is 9.53. The number of aromatic nitrogens is 1. The zero-order chi connectivity index (χ0) is 17.6. The molecule has 0 unspecified atom stereocenters. The molecule has 0 bridgehead atoms. The number of hydrogen-bond acceptors (Lipinski definition) is 6. The van der Waals surface area contributed by atoms with Crippen LogP contribution in [0, 0.1) is 22.7 Å². The van der Waals surface area contributed by atoms with Crippen molar-refractivity contribution in [2.24, 2.45) is 0 Å². The van der Waals surface area contributed by atoms with Gasteiger partial charge in [0.2, 0.25) is 0 Å². The first-order valence-electron chi connectivity index (χ1n) is 8.25. The number of nitrogens with zero attached hydrogens (tertiary/aromatic N) is 5. The Morgan fingerprint density at radius 1 is 1.16 bits per heavy atom. The lowest BCUT2D eigenvalue weighted by atomic mass is 10.1. The van der Waals surface area contributed by atoms with Crippen LogP contribution < -0.4 is 5.32 Å². The fourth-order valence-corrected chi connectivity index (χ4v) is 2.83. The Kier molecular flexibility index (Phi) is 5.25. The Bertz CT molecular complexity index is 850. The highest BCUT2D eigenvalue weighted by molar-refractivity contribution is 5.82. The smallest absolute Gasteiger partial charge is 0.145 e. The first-order valence-corrected chi connectivity index (χ1v) is 8.25. The molecule has 6 nitrogen and oxygen atoms in total. The zero-order valence-electron chi connectivity index (χ0n) is 14.2. The highest BCUT2D eigenvalue weighted by Gasteiger charge is 2.14. The fourth-order valence-electron chi connectivity index (χ4n) is 2.83. The van der Waals surface area contributed by atoms with Gasteiger partial charge in [-0.1, -0.05) is 6.07 Å². The summed E-state index contributed by atoms with van der Waals surface area (Å²) in [5.74, 6) is 0. The average Bonchev–Trinajstić information content (AvgIpc) is 2.64. The Hall–Kier alpha value is -2.93. The second kappa shape index (κ2) is 7.76. The molecule has 1 aromatic heterocycles. The molecule has 0 aliphatic carbocycles. The van der Waals surface area contributed by atoms with Gasteiger partial charge in [0, 0.05) is 50.0 Å². The van der Waals surface area contributed by atoms with Gasteiger partial charge in [-0.05, 0) is 31.3 Å². The van der Waals surface area contributed by atoms with E-state index in [1.54, 1.807) is 0 Å². The third kappa shape index (κ3) is 4.33. The number of anilines is 1. The number of piperazine rings is 1. The van der Waals surface area contributed by atoms with Gasteiger partial charge in [-0.2, -0.15) is 10.5 Å². The van der Waals surface area contributed by atoms with Gasteiger partial charge in [-0.3, -0.25) is 9.88 Å². The van der Waals surface area contributed by atoms with Crippen LogP contribution in [0.4, 0.5) is 5.69 Å². The molecule has 0 atom stereocenters. The number of fused-ring (bicyclic) bond motifs is 1. The van der Waals surface area contributed by atoms with E-state index in [-0.39, 0.29) is 5.57 Å². The van der Waals surface area contributed by atoms with Crippen LogP contribution in [0.2, 0.25) is 0 Å². The highest BCUT2D eigenvalue weighted by Crippen LogP contribution is 2.19. The van der Waals surface area contributed by atoms with Crippen molar-refractivity contribution >= 4 is 16.6 Å². The summed E-state index contributed by atoms with van der Waals surface area (Å²) < 4.78 is 0. The van der Waals surface area contributed by atoms with Crippen LogP contribution in [0.15, 0.2) is 42.1 Å². The molecular weight excluding hydrogens is 312 g/mol. The summed E-state index contributed by atoms with van der Waals surface area (Å²) in [7, 11) is 2.16. The van der Waals surface area contributed by atoms with Crippen LogP contribution >= 0.6 is 0 Å². The van der Waals surface area contributed by atoms with Gasteiger partial charge in [0.25, 0.3) is 0 Å². The number of nitrogens with one attached hydrogen (secondary N) is 1. The van der Waals surface area contributed by atoms with Gasteiger partial charge in [0.1, 0.15) is 17.7 Å². The molecule has 126 valence electrons. The average molecular weight is 332 g/mol. The van der Waals surface area contributed by atoms with E-state index in [2.05, 4.69) is 34.3 Å². The van der Waals surface area contributed by atoms with E-state index in [1.165, 1.54) is 6.20 Å². The third-order valence-corrected chi connectivity index (χ3v) is 4.35. The van der Waals surface area contributed by atoms with E-state index < -0.39 is 0 Å². The number of likely N-dealkylation sites (N-methyl/N-ethyl adjacent to an activating group) is 1. The molecule has 3 rings (SSSR count). The van der Waals surface area contributed by atoms with Crippen molar-refractivity contribution < 1.29 is 0 Å². The van der Waals surface area contributed by atoms with Crippen LogP contribution in [0.25, 0.3) is 10.9 Å². The lowest BCUT2D eigenvalue weighted by molar-refractivity contribution is 0.147. The van der Waals surface area contributed by atoms with E-state index in [4.69, 9.17) is 15.5 Å². The molecule has 0 spiro atoms. The van der Waals surface area contributed by atoms with E-state index >= 15 is 0 Å². The monoisotopic (exact) mass is 332 g/mol. The summed E-state index contributed by atoms with van der Waals surface area (Å²) >= 11 is 0. The van der Waals surface area contributed by atoms with Gasteiger partial charge in [0.05, 0.1) is 11.2 Å². The second-order valence-electron chi connectivity index (χ2n) is 6.22. The Morgan fingerprint density at radius 3 is 2.64 bits per heavy atom. The summed E-state index contributed by atoms with van der Waals surface area (Å²) in [5, 5.41) is 21.5. The van der Waals surface area contributed by atoms with E-state index in [1.807, 2.05) is 30.3 Å². The van der Waals surface area contributed by atoms with Gasteiger partial charge < -0.3 is 10.2 Å². The zero-order valence-corrected chi connectivity index (χ0v) is 14.2. The predicted octanol–water partition coefficient (Wildman–Crippen LogP) is 2.33. The maximum Gasteiger partial charge on any atom is 0.145 e. The van der Waals surface area contributed by atoms with Crippen LogP contribution in [-0.4, -0.2) is 48.0 Å². The van der Waals surface area contributed by atoms with Crippen molar-refractivity contribution in [2.45, 2.75) is 6.54 Å². The number of hydrogen-bond donors (Lipinski definition) is 1. The number of benzene rings is 1. The SMILES string of the molecule is CN1CCN(Cc2ccc3cc(NC=C(C#N)C#N)ccc3n2)CC1. The number of allylic oxidation sites excluding steroid dienone is 1. The molecule has 1 aliphatic rings. The van der Waals surface area contributed by atoms with Crippen molar-refractivity contribution in [3.05, 3.63) is 47.8 Å². The third-order valence-electron chi connectivity index (χ3n) is 4.35. The summed E-state index contributed by atoms with van der Waals surface area (Å²) in [6, 6.07) is 13.6. The molecule has 1 fully saturated rings. The quantitative estimate of drug-likeness (QED) is 0.866. The van der Waals surface area contributed by atoms with Gasteiger partial charge >= 0.3 is 0 Å². The number of pyridine rings is 1. The minimum absolute atomic E-state index is 0.0424.